The average Bonchev–Trinajstić information content (AvgIpc) is 3.14. The van der Waals surface area contributed by atoms with Crippen molar-refractivity contribution in [1.29, 1.82) is 0 Å². The van der Waals surface area contributed by atoms with Gasteiger partial charge in [0.05, 0.1) is 12.6 Å². The van der Waals surface area contributed by atoms with E-state index in [9.17, 15) is 0 Å². The molecule has 7 heteroatoms. The Kier molecular flexibility index (Phi) is 4.01. The molecule has 6 nitrogen and oxygen atoms in total. The number of para-hydroxylation sites is 1. The number of hydrogen-bond acceptors (Lipinski definition) is 5. The molecule has 146 valence electrons. The Hall–Kier alpha value is -2.67. The van der Waals surface area contributed by atoms with Crippen LogP contribution in [0.3, 0.4) is 0 Å². The fourth-order valence-corrected chi connectivity index (χ4v) is 4.53. The quantitative estimate of drug-likeness (QED) is 0.788. The van der Waals surface area contributed by atoms with Crippen LogP contribution in [-0.2, 0) is 6.54 Å². The highest BCUT2D eigenvalue weighted by Crippen LogP contribution is 2.48. The predicted molar refractivity (Wildman–Crippen MR) is 108 cm³/mol. The number of hydrogen-bond donors (Lipinski definition) is 1. The molecule has 0 radical (unpaired) electrons. The van der Waals surface area contributed by atoms with Crippen LogP contribution in [0.25, 0.3) is 0 Å². The molecule has 2 aromatic rings. The first-order valence-electron chi connectivity index (χ1n) is 9.49. The van der Waals surface area contributed by atoms with Crippen LogP contribution < -0.4 is 24.3 Å². The molecule has 1 fully saturated rings. The van der Waals surface area contributed by atoms with Gasteiger partial charge < -0.3 is 29.2 Å². The van der Waals surface area contributed by atoms with E-state index in [1.807, 2.05) is 37.3 Å². The Morgan fingerprint density at radius 3 is 2.96 bits per heavy atom. The second-order valence-electron chi connectivity index (χ2n) is 7.36. The second kappa shape index (κ2) is 6.44. The van der Waals surface area contributed by atoms with Crippen LogP contribution in [-0.4, -0.2) is 29.1 Å². The van der Waals surface area contributed by atoms with E-state index < -0.39 is 5.72 Å². The van der Waals surface area contributed by atoms with Gasteiger partial charge in [0.1, 0.15) is 0 Å². The molecule has 0 saturated carbocycles. The van der Waals surface area contributed by atoms with Crippen molar-refractivity contribution in [2.24, 2.45) is 0 Å². The third kappa shape index (κ3) is 2.73. The second-order valence-corrected chi connectivity index (χ2v) is 7.75. The van der Waals surface area contributed by atoms with Crippen LogP contribution in [0.4, 0.5) is 0 Å². The van der Waals surface area contributed by atoms with Gasteiger partial charge in [-0.05, 0) is 49.8 Å². The number of nitrogens with zero attached hydrogens (tertiary/aromatic N) is 1. The molecule has 2 bridgehead atoms. The van der Waals surface area contributed by atoms with E-state index >= 15 is 0 Å². The van der Waals surface area contributed by atoms with Crippen molar-refractivity contribution < 1.29 is 18.9 Å². The van der Waals surface area contributed by atoms with Crippen molar-refractivity contribution >= 4 is 17.3 Å². The minimum atomic E-state index is -0.566. The Labute approximate surface area is 169 Å². The number of rotatable bonds is 4. The summed E-state index contributed by atoms with van der Waals surface area (Å²) in [6, 6.07) is 12.1. The standard InChI is InChI=1S/C21H22N2O4S/c1-3-24-17-6-4-5-14-15-10-21(2,27-19(14)17)23(20(28)22-15)11-13-7-8-16-18(9-13)26-12-25-16/h4-9,15H,3,10-12H2,1-2H3,(H,22,28)/t15-,21-/m1/s1. The van der Waals surface area contributed by atoms with Gasteiger partial charge in [0.15, 0.2) is 33.8 Å². The first kappa shape index (κ1) is 17.4. The SMILES string of the molecule is CCOc1cccc2c1O[C@]1(C)C[C@H]2NC(=S)N1Cc1ccc2c(c1)OCO2. The highest BCUT2D eigenvalue weighted by atomic mass is 32.1. The zero-order chi connectivity index (χ0) is 19.3. The van der Waals surface area contributed by atoms with E-state index in [4.69, 9.17) is 31.2 Å². The van der Waals surface area contributed by atoms with Crippen molar-refractivity contribution in [2.45, 2.75) is 38.6 Å². The lowest BCUT2D eigenvalue weighted by atomic mass is 9.90. The van der Waals surface area contributed by atoms with Gasteiger partial charge in [-0.2, -0.15) is 0 Å². The highest BCUT2D eigenvalue weighted by molar-refractivity contribution is 7.80. The molecule has 2 aromatic carbocycles. The van der Waals surface area contributed by atoms with E-state index in [1.54, 1.807) is 0 Å². The molecule has 1 N–H and O–H groups in total. The van der Waals surface area contributed by atoms with Crippen LogP contribution >= 0.6 is 12.2 Å². The fraction of sp³-hybridized carbons (Fsp3) is 0.381. The number of benzene rings is 2. The molecule has 5 rings (SSSR count). The van der Waals surface area contributed by atoms with Crippen LogP contribution in [0.5, 0.6) is 23.0 Å². The molecule has 0 amide bonds. The maximum absolute atomic E-state index is 6.54. The summed E-state index contributed by atoms with van der Waals surface area (Å²) in [5.41, 5.74) is 1.61. The smallest absolute Gasteiger partial charge is 0.231 e. The highest BCUT2D eigenvalue weighted by Gasteiger charge is 2.48. The van der Waals surface area contributed by atoms with E-state index in [0.29, 0.717) is 18.3 Å². The van der Waals surface area contributed by atoms with Gasteiger partial charge in [0.25, 0.3) is 0 Å². The Morgan fingerprint density at radius 2 is 2.11 bits per heavy atom. The molecule has 3 heterocycles. The molecule has 2 atom stereocenters. The van der Waals surface area contributed by atoms with Crippen molar-refractivity contribution in [1.82, 2.24) is 10.2 Å². The largest absolute Gasteiger partial charge is 0.490 e. The number of fused-ring (bicyclic) bond motifs is 5. The lowest BCUT2D eigenvalue weighted by Gasteiger charge is -2.52. The van der Waals surface area contributed by atoms with Gasteiger partial charge in [0.2, 0.25) is 6.79 Å². The van der Waals surface area contributed by atoms with Crippen molar-refractivity contribution in [3.63, 3.8) is 0 Å². The summed E-state index contributed by atoms with van der Waals surface area (Å²) < 4.78 is 23.3. The van der Waals surface area contributed by atoms with E-state index in [0.717, 1.165) is 40.5 Å². The van der Waals surface area contributed by atoms with E-state index in [-0.39, 0.29) is 12.8 Å². The van der Waals surface area contributed by atoms with Gasteiger partial charge in [0, 0.05) is 18.5 Å². The number of nitrogens with one attached hydrogen (secondary N) is 1. The normalized spacial score (nSPS) is 24.3. The zero-order valence-corrected chi connectivity index (χ0v) is 16.7. The molecule has 28 heavy (non-hydrogen) atoms. The predicted octanol–water partition coefficient (Wildman–Crippen LogP) is 3.74. The van der Waals surface area contributed by atoms with Crippen LogP contribution in [0.15, 0.2) is 36.4 Å². The summed E-state index contributed by atoms with van der Waals surface area (Å²) in [5, 5.41) is 4.17. The Balaban J connectivity index is 1.48. The van der Waals surface area contributed by atoms with Gasteiger partial charge in [-0.3, -0.25) is 0 Å². The Bertz CT molecular complexity index is 950. The molecular formula is C21H22N2O4S. The molecular weight excluding hydrogens is 376 g/mol. The minimum absolute atomic E-state index is 0.106. The first-order valence-corrected chi connectivity index (χ1v) is 9.89. The zero-order valence-electron chi connectivity index (χ0n) is 15.9. The summed E-state index contributed by atoms with van der Waals surface area (Å²) in [5.74, 6) is 3.12. The first-order chi connectivity index (χ1) is 13.6. The van der Waals surface area contributed by atoms with Crippen molar-refractivity contribution in [2.75, 3.05) is 13.4 Å². The molecule has 0 unspecified atom stereocenters. The van der Waals surface area contributed by atoms with Crippen LogP contribution in [0, 0.1) is 0 Å². The summed E-state index contributed by atoms with van der Waals surface area (Å²) in [6.45, 7) is 5.53. The summed E-state index contributed by atoms with van der Waals surface area (Å²) in [4.78, 5) is 2.10. The lowest BCUT2D eigenvalue weighted by molar-refractivity contribution is -0.0738. The molecule has 0 aromatic heterocycles. The monoisotopic (exact) mass is 398 g/mol. The van der Waals surface area contributed by atoms with Gasteiger partial charge in [-0.15, -0.1) is 0 Å². The van der Waals surface area contributed by atoms with Crippen LogP contribution in [0.1, 0.15) is 37.4 Å². The summed E-state index contributed by atoms with van der Waals surface area (Å²) >= 11 is 5.71. The molecule has 3 aliphatic rings. The number of ether oxygens (including phenoxy) is 4. The van der Waals surface area contributed by atoms with Crippen molar-refractivity contribution in [3.05, 3.63) is 47.5 Å². The molecule has 3 aliphatic heterocycles. The topological polar surface area (TPSA) is 52.2 Å². The van der Waals surface area contributed by atoms with E-state index in [2.05, 4.69) is 23.2 Å². The number of thiocarbonyl (C=S) groups is 1. The van der Waals surface area contributed by atoms with Gasteiger partial charge in [-0.25, -0.2) is 0 Å². The van der Waals surface area contributed by atoms with E-state index in [1.165, 1.54) is 0 Å². The molecule has 0 aliphatic carbocycles. The fourth-order valence-electron chi connectivity index (χ4n) is 4.13. The maximum Gasteiger partial charge on any atom is 0.231 e. The third-order valence-corrected chi connectivity index (χ3v) is 5.82. The average molecular weight is 398 g/mol. The van der Waals surface area contributed by atoms with Gasteiger partial charge >= 0.3 is 0 Å². The Morgan fingerprint density at radius 1 is 1.25 bits per heavy atom. The molecule has 0 spiro atoms. The van der Waals surface area contributed by atoms with Crippen LogP contribution in [0.2, 0.25) is 0 Å². The summed E-state index contributed by atoms with van der Waals surface area (Å²) in [6.07, 6.45) is 0.792. The lowest BCUT2D eigenvalue weighted by Crippen LogP contribution is -2.64. The van der Waals surface area contributed by atoms with Crippen molar-refractivity contribution in [3.8, 4) is 23.0 Å². The maximum atomic E-state index is 6.54. The summed E-state index contributed by atoms with van der Waals surface area (Å²) in [7, 11) is 0. The molecule has 1 saturated heterocycles. The minimum Gasteiger partial charge on any atom is -0.490 e. The third-order valence-electron chi connectivity index (χ3n) is 5.48. The van der Waals surface area contributed by atoms with Gasteiger partial charge in [-0.1, -0.05) is 18.2 Å².